The summed E-state index contributed by atoms with van der Waals surface area (Å²) in [5.41, 5.74) is 2.88. The molecule has 0 bridgehead atoms. The number of anilines is 1. The molecule has 0 spiro atoms. The van der Waals surface area contributed by atoms with Crippen molar-refractivity contribution in [2.24, 2.45) is 0 Å². The third-order valence-electron chi connectivity index (χ3n) is 2.03. The fraction of sp³-hybridized carbons (Fsp3) is 0.300. The van der Waals surface area contributed by atoms with Gasteiger partial charge in [0.25, 0.3) is 0 Å². The Balaban J connectivity index is 1.83. The second-order valence-corrected chi connectivity index (χ2v) is 4.93. The molecule has 0 fully saturated rings. The molecule has 0 radical (unpaired) electrons. The molecular weight excluding hydrogens is 258 g/mol. The minimum Gasteiger partial charge on any atom is -0.465 e. The van der Waals surface area contributed by atoms with Crippen molar-refractivity contribution in [3.8, 4) is 0 Å². The lowest BCUT2D eigenvalue weighted by molar-refractivity contribution is 0.0606. The zero-order chi connectivity index (χ0) is 12.1. The SMILES string of the molecule is COC(=O)c1cnc(NCCc2cscn2)s1. The lowest BCUT2D eigenvalue weighted by Gasteiger charge is -1.99. The standard InChI is InChI=1S/C10H11N3O2S2/c1-15-9(14)8-4-12-10(17-8)11-3-2-7-5-16-6-13-7/h4-6H,2-3H2,1H3,(H,11,12). The molecule has 0 aliphatic rings. The Labute approximate surface area is 106 Å². The summed E-state index contributed by atoms with van der Waals surface area (Å²) in [5.74, 6) is -0.352. The zero-order valence-electron chi connectivity index (χ0n) is 9.17. The van der Waals surface area contributed by atoms with Crippen LogP contribution in [0, 0.1) is 0 Å². The van der Waals surface area contributed by atoms with Crippen molar-refractivity contribution in [2.75, 3.05) is 19.0 Å². The van der Waals surface area contributed by atoms with Crippen molar-refractivity contribution in [3.05, 3.63) is 27.7 Å². The predicted octanol–water partition coefficient (Wildman–Crippen LogP) is 2.04. The minimum atomic E-state index is -0.352. The van der Waals surface area contributed by atoms with E-state index in [9.17, 15) is 4.79 Å². The first-order valence-corrected chi connectivity index (χ1v) is 6.70. The molecule has 0 aliphatic carbocycles. The third kappa shape index (κ3) is 3.24. The Morgan fingerprint density at radius 3 is 3.12 bits per heavy atom. The number of hydrogen-bond donors (Lipinski definition) is 1. The van der Waals surface area contributed by atoms with E-state index in [2.05, 4.69) is 20.0 Å². The number of nitrogens with zero attached hydrogens (tertiary/aromatic N) is 2. The molecule has 0 unspecified atom stereocenters. The molecule has 0 aromatic carbocycles. The van der Waals surface area contributed by atoms with Crippen LogP contribution in [0.25, 0.3) is 0 Å². The highest BCUT2D eigenvalue weighted by Gasteiger charge is 2.09. The van der Waals surface area contributed by atoms with E-state index in [4.69, 9.17) is 0 Å². The van der Waals surface area contributed by atoms with Crippen molar-refractivity contribution in [3.63, 3.8) is 0 Å². The highest BCUT2D eigenvalue weighted by atomic mass is 32.1. The van der Waals surface area contributed by atoms with Crippen molar-refractivity contribution in [1.82, 2.24) is 9.97 Å². The number of nitrogens with one attached hydrogen (secondary N) is 1. The Kier molecular flexibility index (Phi) is 4.05. The molecule has 5 nitrogen and oxygen atoms in total. The van der Waals surface area contributed by atoms with Gasteiger partial charge in [0.15, 0.2) is 5.13 Å². The first-order valence-electron chi connectivity index (χ1n) is 4.94. The average molecular weight is 269 g/mol. The molecule has 0 aliphatic heterocycles. The van der Waals surface area contributed by atoms with E-state index >= 15 is 0 Å². The molecule has 1 N–H and O–H groups in total. The van der Waals surface area contributed by atoms with E-state index in [1.54, 1.807) is 11.3 Å². The number of hydrogen-bond acceptors (Lipinski definition) is 7. The fourth-order valence-electron chi connectivity index (χ4n) is 1.21. The van der Waals surface area contributed by atoms with Crippen LogP contribution in [0.1, 0.15) is 15.4 Å². The molecule has 2 aromatic rings. The summed E-state index contributed by atoms with van der Waals surface area (Å²) in [6.45, 7) is 0.748. The lowest BCUT2D eigenvalue weighted by Crippen LogP contribution is -2.04. The second kappa shape index (κ2) is 5.74. The summed E-state index contributed by atoms with van der Waals surface area (Å²) in [6, 6.07) is 0. The fourth-order valence-corrected chi connectivity index (χ4v) is 2.56. The molecule has 0 saturated heterocycles. The van der Waals surface area contributed by atoms with E-state index in [1.807, 2.05) is 10.9 Å². The molecule has 17 heavy (non-hydrogen) atoms. The summed E-state index contributed by atoms with van der Waals surface area (Å²) < 4.78 is 4.61. The van der Waals surface area contributed by atoms with Crippen LogP contribution < -0.4 is 5.32 Å². The van der Waals surface area contributed by atoms with Crippen LogP contribution in [0.5, 0.6) is 0 Å². The maximum absolute atomic E-state index is 11.2. The minimum absolute atomic E-state index is 0.352. The van der Waals surface area contributed by atoms with Crippen molar-refractivity contribution in [1.29, 1.82) is 0 Å². The zero-order valence-corrected chi connectivity index (χ0v) is 10.8. The Morgan fingerprint density at radius 1 is 1.53 bits per heavy atom. The van der Waals surface area contributed by atoms with Gasteiger partial charge < -0.3 is 10.1 Å². The highest BCUT2D eigenvalue weighted by molar-refractivity contribution is 7.17. The maximum Gasteiger partial charge on any atom is 0.349 e. The van der Waals surface area contributed by atoms with Gasteiger partial charge in [-0.2, -0.15) is 0 Å². The second-order valence-electron chi connectivity index (χ2n) is 3.18. The van der Waals surface area contributed by atoms with Crippen molar-refractivity contribution >= 4 is 33.8 Å². The number of thiazole rings is 2. The molecule has 2 heterocycles. The van der Waals surface area contributed by atoms with Gasteiger partial charge in [-0.15, -0.1) is 11.3 Å². The van der Waals surface area contributed by atoms with E-state index in [1.165, 1.54) is 24.6 Å². The van der Waals surface area contributed by atoms with Gasteiger partial charge in [-0.05, 0) is 0 Å². The Hall–Kier alpha value is -1.47. The van der Waals surface area contributed by atoms with E-state index < -0.39 is 0 Å². The summed E-state index contributed by atoms with van der Waals surface area (Å²) >= 11 is 2.87. The number of rotatable bonds is 5. The average Bonchev–Trinajstić information content (AvgIpc) is 2.99. The van der Waals surface area contributed by atoms with Gasteiger partial charge >= 0.3 is 5.97 Å². The smallest absolute Gasteiger partial charge is 0.349 e. The van der Waals surface area contributed by atoms with Gasteiger partial charge in [-0.1, -0.05) is 11.3 Å². The molecule has 0 amide bonds. The first-order chi connectivity index (χ1) is 8.29. The van der Waals surface area contributed by atoms with Crippen LogP contribution in [0.15, 0.2) is 17.1 Å². The van der Waals surface area contributed by atoms with Gasteiger partial charge in [0.05, 0.1) is 24.5 Å². The first kappa shape index (κ1) is 12.0. The highest BCUT2D eigenvalue weighted by Crippen LogP contribution is 2.18. The molecule has 90 valence electrons. The number of esters is 1. The molecule has 2 rings (SSSR count). The molecule has 2 aromatic heterocycles. The van der Waals surface area contributed by atoms with Gasteiger partial charge in [0.1, 0.15) is 4.88 Å². The number of carbonyl (C=O) groups is 1. The van der Waals surface area contributed by atoms with Crippen LogP contribution in [0.3, 0.4) is 0 Å². The molecule has 0 saturated carbocycles. The van der Waals surface area contributed by atoms with Gasteiger partial charge in [0, 0.05) is 18.3 Å². The summed E-state index contributed by atoms with van der Waals surface area (Å²) in [4.78, 5) is 20.0. The van der Waals surface area contributed by atoms with Gasteiger partial charge in [-0.25, -0.2) is 14.8 Å². The largest absolute Gasteiger partial charge is 0.465 e. The van der Waals surface area contributed by atoms with E-state index in [-0.39, 0.29) is 5.97 Å². The molecule has 7 heteroatoms. The molecular formula is C10H11N3O2S2. The van der Waals surface area contributed by atoms with Crippen LogP contribution in [-0.2, 0) is 11.2 Å². The predicted molar refractivity (Wildman–Crippen MR) is 67.8 cm³/mol. The molecule has 0 atom stereocenters. The number of aromatic nitrogens is 2. The van der Waals surface area contributed by atoms with Crippen LogP contribution in [-0.4, -0.2) is 29.6 Å². The Morgan fingerprint density at radius 2 is 2.41 bits per heavy atom. The van der Waals surface area contributed by atoms with Crippen LogP contribution >= 0.6 is 22.7 Å². The third-order valence-corrected chi connectivity index (χ3v) is 3.60. The Bertz CT molecular complexity index is 481. The summed E-state index contributed by atoms with van der Waals surface area (Å²) in [6.07, 6.45) is 2.36. The van der Waals surface area contributed by atoms with Crippen LogP contribution in [0.2, 0.25) is 0 Å². The quantitative estimate of drug-likeness (QED) is 0.841. The number of ether oxygens (including phenoxy) is 1. The van der Waals surface area contributed by atoms with Gasteiger partial charge in [0.2, 0.25) is 0 Å². The summed E-state index contributed by atoms with van der Waals surface area (Å²) in [7, 11) is 1.36. The normalized spacial score (nSPS) is 10.2. The monoisotopic (exact) mass is 269 g/mol. The number of carbonyl (C=O) groups excluding carboxylic acids is 1. The van der Waals surface area contributed by atoms with E-state index in [0.717, 1.165) is 23.8 Å². The van der Waals surface area contributed by atoms with E-state index in [0.29, 0.717) is 4.88 Å². The maximum atomic E-state index is 11.2. The summed E-state index contributed by atoms with van der Waals surface area (Å²) in [5, 5.41) is 5.89. The topological polar surface area (TPSA) is 64.1 Å². The van der Waals surface area contributed by atoms with Crippen LogP contribution in [0.4, 0.5) is 5.13 Å². The lowest BCUT2D eigenvalue weighted by atomic mass is 10.3. The van der Waals surface area contributed by atoms with Crippen molar-refractivity contribution < 1.29 is 9.53 Å². The number of methoxy groups -OCH3 is 1. The van der Waals surface area contributed by atoms with Gasteiger partial charge in [-0.3, -0.25) is 0 Å². The van der Waals surface area contributed by atoms with Crippen molar-refractivity contribution in [2.45, 2.75) is 6.42 Å².